The maximum Gasteiger partial charge on any atom is 0.460 e. The summed E-state index contributed by atoms with van der Waals surface area (Å²) in [5.41, 5.74) is 0. The maximum atomic E-state index is 14.2. The summed E-state index contributed by atoms with van der Waals surface area (Å²) in [5.74, 6) is -41.9. The average Bonchev–Trinajstić information content (AvgIpc) is 2.80. The predicted octanol–water partition coefficient (Wildman–Crippen LogP) is 4.01. The SMILES string of the molecule is CCN(CCOCCOCCOCCO)S(=O)(=O)C(F)(F)C(F)(F)C(F)(F)C(F)(F)C(F)(F)C(F)(F)C(F)(F)F. The van der Waals surface area contributed by atoms with Gasteiger partial charge in [0, 0.05) is 13.1 Å². The van der Waals surface area contributed by atoms with Crippen LogP contribution in [0.2, 0.25) is 0 Å². The van der Waals surface area contributed by atoms with Gasteiger partial charge in [-0.25, -0.2) is 8.42 Å². The third-order valence-electron chi connectivity index (χ3n) is 4.78. The molecular weight excluding hydrogens is 631 g/mol. The molecule has 0 aliphatic carbocycles. The van der Waals surface area contributed by atoms with Crippen LogP contribution in [0, 0.1) is 0 Å². The molecule has 7 nitrogen and oxygen atoms in total. The van der Waals surface area contributed by atoms with E-state index in [-0.39, 0.29) is 33.0 Å². The fourth-order valence-electron chi connectivity index (χ4n) is 2.50. The van der Waals surface area contributed by atoms with Crippen LogP contribution in [0.1, 0.15) is 6.92 Å². The minimum atomic E-state index is -8.59. The summed E-state index contributed by atoms with van der Waals surface area (Å²) in [5, 5.41) is 0.992. The molecule has 0 saturated carbocycles. The summed E-state index contributed by atoms with van der Waals surface area (Å²) in [4.78, 5) is 0. The molecule has 23 heteroatoms. The molecule has 1 N–H and O–H groups in total. The number of sulfonamides is 1. The largest absolute Gasteiger partial charge is 0.460 e. The van der Waals surface area contributed by atoms with Crippen LogP contribution in [0.4, 0.5) is 65.9 Å². The molecule has 0 unspecified atom stereocenters. The van der Waals surface area contributed by atoms with Crippen LogP contribution in [0.25, 0.3) is 0 Å². The molecule has 0 amide bonds. The first-order chi connectivity index (χ1) is 17.8. The summed E-state index contributed by atoms with van der Waals surface area (Å²) in [6, 6.07) is 0. The Morgan fingerprint density at radius 1 is 0.575 bits per heavy atom. The minimum Gasteiger partial charge on any atom is -0.394 e. The molecule has 0 fully saturated rings. The monoisotopic (exact) mass is 653 g/mol. The van der Waals surface area contributed by atoms with Crippen LogP contribution in [0.3, 0.4) is 0 Å². The quantitative estimate of drug-likeness (QED) is 0.168. The number of aliphatic hydroxyl groups is 1. The highest BCUT2D eigenvalue weighted by Gasteiger charge is 2.94. The minimum absolute atomic E-state index is 0.00910. The van der Waals surface area contributed by atoms with E-state index in [0.29, 0.717) is 6.92 Å². The molecule has 0 aliphatic heterocycles. The van der Waals surface area contributed by atoms with E-state index in [9.17, 15) is 74.3 Å². The molecule has 0 atom stereocenters. The van der Waals surface area contributed by atoms with Crippen LogP contribution in [0.15, 0.2) is 0 Å². The molecule has 0 saturated heterocycles. The van der Waals surface area contributed by atoms with Crippen molar-refractivity contribution in [3.63, 3.8) is 0 Å². The Hall–Kier alpha value is -1.30. The average molecular weight is 653 g/mol. The van der Waals surface area contributed by atoms with Crippen molar-refractivity contribution in [2.24, 2.45) is 0 Å². The molecule has 242 valence electrons. The molecule has 0 aliphatic rings. The molecule has 0 spiro atoms. The Bertz CT molecular complexity index is 898. The highest BCUT2D eigenvalue weighted by Crippen LogP contribution is 2.63. The number of likely N-dealkylation sites (N-methyl/N-ethyl adjacent to an activating group) is 1. The van der Waals surface area contributed by atoms with E-state index in [4.69, 9.17) is 19.3 Å². The van der Waals surface area contributed by atoms with E-state index in [0.717, 1.165) is 0 Å². The van der Waals surface area contributed by atoms with Crippen molar-refractivity contribution in [2.45, 2.75) is 48.0 Å². The smallest absolute Gasteiger partial charge is 0.394 e. The summed E-state index contributed by atoms with van der Waals surface area (Å²) < 4.78 is 238. The topological polar surface area (TPSA) is 85.3 Å². The summed E-state index contributed by atoms with van der Waals surface area (Å²) in [7, 11) is -7.24. The highest BCUT2D eigenvalue weighted by molar-refractivity contribution is 7.90. The van der Waals surface area contributed by atoms with Gasteiger partial charge < -0.3 is 19.3 Å². The summed E-state index contributed by atoms with van der Waals surface area (Å²) in [6.45, 7) is -3.99. The first-order valence-electron chi connectivity index (χ1n) is 10.4. The van der Waals surface area contributed by atoms with Gasteiger partial charge in [0.15, 0.2) is 0 Å². The fourth-order valence-corrected chi connectivity index (χ4v) is 3.93. The molecule has 0 heterocycles. The van der Waals surface area contributed by atoms with Crippen molar-refractivity contribution in [1.29, 1.82) is 0 Å². The highest BCUT2D eigenvalue weighted by atomic mass is 32.2. The van der Waals surface area contributed by atoms with Gasteiger partial charge in [0.2, 0.25) is 0 Å². The Labute approximate surface area is 216 Å². The Morgan fingerprint density at radius 3 is 1.30 bits per heavy atom. The van der Waals surface area contributed by atoms with E-state index in [1.54, 1.807) is 0 Å². The second kappa shape index (κ2) is 13.3. The number of aliphatic hydroxyl groups excluding tert-OH is 1. The van der Waals surface area contributed by atoms with Gasteiger partial charge >= 0.3 is 41.0 Å². The Balaban J connectivity index is 5.84. The number of halogens is 15. The summed E-state index contributed by atoms with van der Waals surface area (Å²) in [6.07, 6.45) is -7.77. The van der Waals surface area contributed by atoms with Gasteiger partial charge in [-0.15, -0.1) is 0 Å². The molecular formula is C17H22F15NO6S. The zero-order chi connectivity index (χ0) is 32.1. The second-order valence-electron chi connectivity index (χ2n) is 7.44. The van der Waals surface area contributed by atoms with E-state index in [1.165, 1.54) is 0 Å². The van der Waals surface area contributed by atoms with Crippen LogP contribution >= 0.6 is 0 Å². The van der Waals surface area contributed by atoms with Crippen molar-refractivity contribution in [1.82, 2.24) is 4.31 Å². The van der Waals surface area contributed by atoms with E-state index < -0.39 is 81.7 Å². The van der Waals surface area contributed by atoms with E-state index in [2.05, 4.69) is 0 Å². The first kappa shape index (κ1) is 38.7. The zero-order valence-electron chi connectivity index (χ0n) is 19.9. The molecule has 40 heavy (non-hydrogen) atoms. The number of nitrogens with zero attached hydrogens (tertiary/aromatic N) is 1. The van der Waals surface area contributed by atoms with Gasteiger partial charge in [-0.3, -0.25) is 0 Å². The lowest BCUT2D eigenvalue weighted by Crippen LogP contribution is -2.73. The van der Waals surface area contributed by atoms with Crippen molar-refractivity contribution in [3.8, 4) is 0 Å². The van der Waals surface area contributed by atoms with Gasteiger partial charge in [-0.05, 0) is 0 Å². The van der Waals surface area contributed by atoms with Gasteiger partial charge in [0.25, 0.3) is 10.0 Å². The zero-order valence-corrected chi connectivity index (χ0v) is 20.7. The fraction of sp³-hybridized carbons (Fsp3) is 1.00. The normalized spacial score (nSPS) is 15.2. The number of hydrogen-bond acceptors (Lipinski definition) is 6. The van der Waals surface area contributed by atoms with Crippen LogP contribution in [0.5, 0.6) is 0 Å². The molecule has 0 aromatic rings. The second-order valence-corrected chi connectivity index (χ2v) is 9.42. The van der Waals surface area contributed by atoms with Gasteiger partial charge in [-0.2, -0.15) is 70.2 Å². The maximum absolute atomic E-state index is 14.2. The molecule has 0 rings (SSSR count). The van der Waals surface area contributed by atoms with Crippen LogP contribution in [-0.2, 0) is 24.2 Å². The van der Waals surface area contributed by atoms with Crippen molar-refractivity contribution in [3.05, 3.63) is 0 Å². The summed E-state index contributed by atoms with van der Waals surface area (Å²) >= 11 is 0. The molecule has 0 radical (unpaired) electrons. The first-order valence-corrected chi connectivity index (χ1v) is 11.9. The van der Waals surface area contributed by atoms with Gasteiger partial charge in [0.05, 0.1) is 46.2 Å². The third-order valence-corrected chi connectivity index (χ3v) is 6.81. The van der Waals surface area contributed by atoms with Crippen molar-refractivity contribution >= 4 is 10.0 Å². The van der Waals surface area contributed by atoms with Crippen LogP contribution < -0.4 is 0 Å². The van der Waals surface area contributed by atoms with Crippen LogP contribution in [-0.4, -0.2) is 118 Å². The number of ether oxygens (including phenoxy) is 3. The Morgan fingerprint density at radius 2 is 0.925 bits per heavy atom. The van der Waals surface area contributed by atoms with Gasteiger partial charge in [-0.1, -0.05) is 6.92 Å². The van der Waals surface area contributed by atoms with E-state index in [1.807, 2.05) is 0 Å². The predicted molar refractivity (Wildman–Crippen MR) is 101 cm³/mol. The van der Waals surface area contributed by atoms with E-state index >= 15 is 0 Å². The van der Waals surface area contributed by atoms with Crippen molar-refractivity contribution in [2.75, 3.05) is 59.3 Å². The number of alkyl halides is 15. The lowest BCUT2D eigenvalue weighted by Gasteiger charge is -2.41. The lowest BCUT2D eigenvalue weighted by molar-refractivity contribution is -0.447. The Kier molecular flexibility index (Phi) is 12.9. The standard InChI is InChI=1S/C17H22F15NO6S/c1-2-33(3-5-37-7-9-39-10-8-38-6-4-34)40(35,36)17(31,32)15(26,27)13(22,23)11(18,19)12(20,21)14(24,25)16(28,29)30/h34H,2-10H2,1H3. The lowest BCUT2D eigenvalue weighted by atomic mass is 9.94. The van der Waals surface area contributed by atoms with Crippen molar-refractivity contribution < 1.29 is 93.6 Å². The molecule has 0 aromatic carbocycles. The molecule has 0 bridgehead atoms. The number of rotatable bonds is 19. The molecule has 0 aromatic heterocycles. The number of hydrogen-bond donors (Lipinski definition) is 1. The van der Waals surface area contributed by atoms with Gasteiger partial charge in [0.1, 0.15) is 0 Å². The third kappa shape index (κ3) is 7.01.